The van der Waals surface area contributed by atoms with Crippen molar-refractivity contribution in [1.29, 1.82) is 0 Å². The molecule has 1 aliphatic heterocycles. The number of nitrogens with zero attached hydrogens (tertiary/aromatic N) is 3. The molecule has 0 radical (unpaired) electrons. The molecule has 1 fully saturated rings. The standard InChI is InChI=1S/C28H25N3O4/c1-34-24-12-5-2-8-20(24)28(33)30(19-14-15-19)18-26(32)31-22-10-4-3-9-21(22)29-16-6-11-23(29)27(31)25-13-7-17-35-25/h2-13,16-17,19,27H,14-15,18H2,1H3. The van der Waals surface area contributed by atoms with Crippen molar-refractivity contribution in [2.45, 2.75) is 24.9 Å². The normalized spacial score (nSPS) is 16.4. The van der Waals surface area contributed by atoms with E-state index in [0.717, 1.165) is 29.9 Å². The summed E-state index contributed by atoms with van der Waals surface area (Å²) in [5, 5.41) is 0. The summed E-state index contributed by atoms with van der Waals surface area (Å²) in [6.07, 6.45) is 5.38. The van der Waals surface area contributed by atoms with Crippen molar-refractivity contribution in [1.82, 2.24) is 9.47 Å². The monoisotopic (exact) mass is 467 g/mol. The van der Waals surface area contributed by atoms with Gasteiger partial charge in [-0.2, -0.15) is 0 Å². The number of para-hydroxylation sites is 3. The Morgan fingerprint density at radius 1 is 0.971 bits per heavy atom. The molecule has 1 atom stereocenters. The van der Waals surface area contributed by atoms with Crippen molar-refractivity contribution in [3.8, 4) is 11.4 Å². The number of benzene rings is 2. The number of fused-ring (bicyclic) bond motifs is 3. The molecular formula is C28H25N3O4. The van der Waals surface area contributed by atoms with Crippen LogP contribution in [0.5, 0.6) is 5.75 Å². The van der Waals surface area contributed by atoms with Crippen LogP contribution in [0.3, 0.4) is 0 Å². The fraction of sp³-hybridized carbons (Fsp3) is 0.214. The van der Waals surface area contributed by atoms with Crippen molar-refractivity contribution < 1.29 is 18.7 Å². The summed E-state index contributed by atoms with van der Waals surface area (Å²) in [6.45, 7) is -0.0339. The molecule has 6 rings (SSSR count). The van der Waals surface area contributed by atoms with Crippen molar-refractivity contribution in [2.75, 3.05) is 18.6 Å². The molecule has 2 aromatic carbocycles. The fourth-order valence-corrected chi connectivity index (χ4v) is 4.93. The highest BCUT2D eigenvalue weighted by Crippen LogP contribution is 2.42. The lowest BCUT2D eigenvalue weighted by molar-refractivity contribution is -0.120. The molecule has 0 N–H and O–H groups in total. The van der Waals surface area contributed by atoms with Crippen LogP contribution < -0.4 is 9.64 Å². The highest BCUT2D eigenvalue weighted by Gasteiger charge is 2.41. The maximum atomic E-state index is 14.1. The lowest BCUT2D eigenvalue weighted by atomic mass is 10.0. The summed E-state index contributed by atoms with van der Waals surface area (Å²) >= 11 is 0. The third-order valence-corrected chi connectivity index (χ3v) is 6.69. The third-order valence-electron chi connectivity index (χ3n) is 6.69. The number of ether oxygens (including phenoxy) is 1. The molecule has 0 bridgehead atoms. The summed E-state index contributed by atoms with van der Waals surface area (Å²) in [5.41, 5.74) is 3.09. The molecule has 7 nitrogen and oxygen atoms in total. The molecule has 1 unspecified atom stereocenters. The summed E-state index contributed by atoms with van der Waals surface area (Å²) in [4.78, 5) is 31.1. The van der Waals surface area contributed by atoms with Gasteiger partial charge in [0.05, 0.1) is 36.0 Å². The number of rotatable bonds is 6. The molecule has 1 saturated carbocycles. The second-order valence-corrected chi connectivity index (χ2v) is 8.84. The topological polar surface area (TPSA) is 67.9 Å². The number of aromatic nitrogens is 1. The zero-order valence-corrected chi connectivity index (χ0v) is 19.3. The lowest BCUT2D eigenvalue weighted by Gasteiger charge is -2.38. The van der Waals surface area contributed by atoms with Crippen LogP contribution in [0.2, 0.25) is 0 Å². The minimum absolute atomic E-state index is 0.0339. The smallest absolute Gasteiger partial charge is 0.258 e. The molecule has 3 heterocycles. The number of anilines is 1. The lowest BCUT2D eigenvalue weighted by Crippen LogP contribution is -2.47. The van der Waals surface area contributed by atoms with E-state index in [2.05, 4.69) is 4.57 Å². The Balaban J connectivity index is 1.39. The zero-order valence-electron chi connectivity index (χ0n) is 19.3. The van der Waals surface area contributed by atoms with Crippen LogP contribution in [-0.4, -0.2) is 41.0 Å². The molecule has 2 aliphatic rings. The summed E-state index contributed by atoms with van der Waals surface area (Å²) < 4.78 is 13.3. The van der Waals surface area contributed by atoms with Crippen LogP contribution in [0.15, 0.2) is 89.7 Å². The average Bonchev–Trinajstić information content (AvgIpc) is 3.37. The molecule has 1 aliphatic carbocycles. The Morgan fingerprint density at radius 3 is 2.49 bits per heavy atom. The Morgan fingerprint density at radius 2 is 1.74 bits per heavy atom. The quantitative estimate of drug-likeness (QED) is 0.408. The van der Waals surface area contributed by atoms with Gasteiger partial charge in [0.2, 0.25) is 5.91 Å². The first kappa shape index (κ1) is 21.3. The van der Waals surface area contributed by atoms with Crippen LogP contribution in [0.4, 0.5) is 5.69 Å². The van der Waals surface area contributed by atoms with E-state index in [1.807, 2.05) is 66.9 Å². The molecule has 0 saturated heterocycles. The van der Waals surface area contributed by atoms with Crippen LogP contribution >= 0.6 is 0 Å². The van der Waals surface area contributed by atoms with Gasteiger partial charge in [0.15, 0.2) is 0 Å². The van der Waals surface area contributed by atoms with Gasteiger partial charge >= 0.3 is 0 Å². The minimum Gasteiger partial charge on any atom is -0.496 e. The van der Waals surface area contributed by atoms with E-state index in [0.29, 0.717) is 17.1 Å². The first-order valence-corrected chi connectivity index (χ1v) is 11.7. The van der Waals surface area contributed by atoms with Crippen LogP contribution in [0.25, 0.3) is 5.69 Å². The Labute approximate surface area is 203 Å². The molecule has 2 aromatic heterocycles. The summed E-state index contributed by atoms with van der Waals surface area (Å²) in [6, 6.07) is 22.3. The van der Waals surface area contributed by atoms with Gasteiger partial charge in [0, 0.05) is 12.2 Å². The molecular weight excluding hydrogens is 442 g/mol. The predicted octanol–water partition coefficient (Wildman–Crippen LogP) is 4.82. The zero-order chi connectivity index (χ0) is 23.9. The van der Waals surface area contributed by atoms with Crippen LogP contribution in [-0.2, 0) is 4.79 Å². The molecule has 2 amide bonds. The van der Waals surface area contributed by atoms with E-state index < -0.39 is 6.04 Å². The highest BCUT2D eigenvalue weighted by molar-refractivity contribution is 6.03. The van der Waals surface area contributed by atoms with Gasteiger partial charge in [-0.15, -0.1) is 0 Å². The predicted molar refractivity (Wildman–Crippen MR) is 131 cm³/mol. The second kappa shape index (κ2) is 8.51. The fourth-order valence-electron chi connectivity index (χ4n) is 4.93. The third kappa shape index (κ3) is 3.60. The highest BCUT2D eigenvalue weighted by atomic mass is 16.5. The second-order valence-electron chi connectivity index (χ2n) is 8.84. The van der Waals surface area contributed by atoms with E-state index in [1.54, 1.807) is 35.3 Å². The van der Waals surface area contributed by atoms with Gasteiger partial charge in [-0.25, -0.2) is 0 Å². The maximum Gasteiger partial charge on any atom is 0.258 e. The largest absolute Gasteiger partial charge is 0.496 e. The van der Waals surface area contributed by atoms with Crippen molar-refractivity contribution in [3.05, 3.63) is 102 Å². The molecule has 7 heteroatoms. The van der Waals surface area contributed by atoms with E-state index in [4.69, 9.17) is 9.15 Å². The van der Waals surface area contributed by atoms with Gasteiger partial charge < -0.3 is 18.6 Å². The molecule has 4 aromatic rings. The van der Waals surface area contributed by atoms with Gasteiger partial charge in [0.1, 0.15) is 24.1 Å². The van der Waals surface area contributed by atoms with E-state index in [9.17, 15) is 9.59 Å². The molecule has 176 valence electrons. The number of hydrogen-bond donors (Lipinski definition) is 0. The number of amides is 2. The number of carbonyl (C=O) groups excluding carboxylic acids is 2. The van der Waals surface area contributed by atoms with Gasteiger partial charge in [-0.05, 0) is 61.4 Å². The Hall–Kier alpha value is -4.26. The van der Waals surface area contributed by atoms with E-state index in [1.165, 1.54) is 0 Å². The van der Waals surface area contributed by atoms with E-state index in [-0.39, 0.29) is 24.4 Å². The van der Waals surface area contributed by atoms with Crippen molar-refractivity contribution >= 4 is 17.5 Å². The number of furan rings is 1. The van der Waals surface area contributed by atoms with Gasteiger partial charge in [-0.3, -0.25) is 14.5 Å². The van der Waals surface area contributed by atoms with E-state index >= 15 is 0 Å². The first-order chi connectivity index (χ1) is 17.2. The molecule has 0 spiro atoms. The van der Waals surface area contributed by atoms with Gasteiger partial charge in [0.25, 0.3) is 5.91 Å². The van der Waals surface area contributed by atoms with Crippen molar-refractivity contribution in [2.24, 2.45) is 0 Å². The maximum absolute atomic E-state index is 14.1. The number of methoxy groups -OCH3 is 1. The Kier molecular flexibility index (Phi) is 5.17. The average molecular weight is 468 g/mol. The van der Waals surface area contributed by atoms with Crippen LogP contribution in [0.1, 0.15) is 40.7 Å². The number of hydrogen-bond acceptors (Lipinski definition) is 4. The SMILES string of the molecule is COc1ccccc1C(=O)N(CC(=O)N1c2ccccc2-n2cccc2C1c1ccco1)C1CC1. The minimum atomic E-state index is -0.440. The summed E-state index contributed by atoms with van der Waals surface area (Å²) in [5.74, 6) is 0.815. The number of carbonyl (C=O) groups is 2. The van der Waals surface area contributed by atoms with Crippen molar-refractivity contribution in [3.63, 3.8) is 0 Å². The van der Waals surface area contributed by atoms with Crippen LogP contribution in [0, 0.1) is 0 Å². The Bertz CT molecular complexity index is 1390. The molecule has 35 heavy (non-hydrogen) atoms. The summed E-state index contributed by atoms with van der Waals surface area (Å²) in [7, 11) is 1.55. The first-order valence-electron chi connectivity index (χ1n) is 11.7. The van der Waals surface area contributed by atoms with Gasteiger partial charge in [-0.1, -0.05) is 24.3 Å².